The van der Waals surface area contributed by atoms with Gasteiger partial charge in [0.1, 0.15) is 23.4 Å². The number of hydrogen-bond donors (Lipinski definition) is 2. The topological polar surface area (TPSA) is 76.7 Å². The number of carbonyl (C=O) groups is 2. The molecule has 7 heteroatoms. The van der Waals surface area contributed by atoms with Crippen molar-refractivity contribution in [2.24, 2.45) is 5.92 Å². The van der Waals surface area contributed by atoms with Crippen LogP contribution in [0.25, 0.3) is 0 Å². The summed E-state index contributed by atoms with van der Waals surface area (Å²) in [4.78, 5) is 25.0. The van der Waals surface area contributed by atoms with Gasteiger partial charge in [0.15, 0.2) is 0 Å². The lowest BCUT2D eigenvalue weighted by atomic mass is 10.0. The first-order chi connectivity index (χ1) is 13.3. The maximum Gasteiger partial charge on any atom is 0.251 e. The fourth-order valence-corrected chi connectivity index (χ4v) is 2.65. The highest BCUT2D eigenvalue weighted by atomic mass is 19.1. The summed E-state index contributed by atoms with van der Waals surface area (Å²) >= 11 is 0. The number of hydrogen-bond acceptors (Lipinski definition) is 4. The maximum atomic E-state index is 13.0. The lowest BCUT2D eigenvalue weighted by Gasteiger charge is -2.22. The fraction of sp³-hybridized carbons (Fsp3) is 0.333. The molecular weight excluding hydrogens is 363 g/mol. The van der Waals surface area contributed by atoms with E-state index in [-0.39, 0.29) is 23.9 Å². The molecule has 0 fully saturated rings. The second-order valence-electron chi connectivity index (χ2n) is 6.60. The zero-order valence-corrected chi connectivity index (χ0v) is 16.4. The number of nitrogens with one attached hydrogen (secondary N) is 2. The van der Waals surface area contributed by atoms with Gasteiger partial charge in [0.25, 0.3) is 5.91 Å². The van der Waals surface area contributed by atoms with Gasteiger partial charge in [0.05, 0.1) is 14.2 Å². The standard InChI is InChI=1S/C21H25FN2O4/c1-13(2)19(24-20(25)14-5-8-16(22)9-6-14)21(26)23-12-15-7-10-17(27-3)11-18(15)28-4/h5-11,13,19H,12H2,1-4H3,(H,23,26)(H,24,25). The first-order valence-electron chi connectivity index (χ1n) is 8.90. The Morgan fingerprint density at radius 1 is 1.04 bits per heavy atom. The van der Waals surface area contributed by atoms with Crippen LogP contribution < -0.4 is 20.1 Å². The van der Waals surface area contributed by atoms with Crippen molar-refractivity contribution < 1.29 is 23.5 Å². The monoisotopic (exact) mass is 388 g/mol. The van der Waals surface area contributed by atoms with Gasteiger partial charge in [-0.3, -0.25) is 9.59 Å². The van der Waals surface area contributed by atoms with Crippen LogP contribution in [0.15, 0.2) is 42.5 Å². The number of halogens is 1. The van der Waals surface area contributed by atoms with Crippen molar-refractivity contribution >= 4 is 11.8 Å². The normalized spacial score (nSPS) is 11.6. The van der Waals surface area contributed by atoms with Crippen LogP contribution in [0, 0.1) is 11.7 Å². The zero-order valence-electron chi connectivity index (χ0n) is 16.4. The van der Waals surface area contributed by atoms with Crippen molar-refractivity contribution in [3.05, 3.63) is 59.4 Å². The molecule has 0 saturated carbocycles. The number of benzene rings is 2. The molecule has 0 aliphatic rings. The zero-order chi connectivity index (χ0) is 20.7. The Labute approximate surface area is 164 Å². The average molecular weight is 388 g/mol. The second kappa shape index (κ2) is 9.73. The highest BCUT2D eigenvalue weighted by Gasteiger charge is 2.24. The van der Waals surface area contributed by atoms with Crippen LogP contribution in [0.2, 0.25) is 0 Å². The Morgan fingerprint density at radius 2 is 1.71 bits per heavy atom. The van der Waals surface area contributed by atoms with Crippen molar-refractivity contribution in [2.45, 2.75) is 26.4 Å². The van der Waals surface area contributed by atoms with Crippen LogP contribution in [-0.2, 0) is 11.3 Å². The fourth-order valence-electron chi connectivity index (χ4n) is 2.65. The van der Waals surface area contributed by atoms with E-state index in [1.807, 2.05) is 13.8 Å². The molecule has 0 spiro atoms. The van der Waals surface area contributed by atoms with Crippen molar-refractivity contribution in [3.63, 3.8) is 0 Å². The van der Waals surface area contributed by atoms with Crippen molar-refractivity contribution in [1.82, 2.24) is 10.6 Å². The van der Waals surface area contributed by atoms with E-state index in [1.165, 1.54) is 24.3 Å². The van der Waals surface area contributed by atoms with Gasteiger partial charge in [-0.25, -0.2) is 4.39 Å². The predicted octanol–water partition coefficient (Wildman–Crippen LogP) is 2.91. The summed E-state index contributed by atoms with van der Waals surface area (Å²) in [5, 5.41) is 5.53. The molecule has 2 N–H and O–H groups in total. The van der Waals surface area contributed by atoms with E-state index in [2.05, 4.69) is 10.6 Å². The summed E-state index contributed by atoms with van der Waals surface area (Å²) in [5.74, 6) is -0.0702. The lowest BCUT2D eigenvalue weighted by Crippen LogP contribution is -2.49. The van der Waals surface area contributed by atoms with Crippen molar-refractivity contribution in [2.75, 3.05) is 14.2 Å². The van der Waals surface area contributed by atoms with E-state index in [9.17, 15) is 14.0 Å². The quantitative estimate of drug-likeness (QED) is 0.729. The Morgan fingerprint density at radius 3 is 2.29 bits per heavy atom. The van der Waals surface area contributed by atoms with Crippen LogP contribution in [0.4, 0.5) is 4.39 Å². The first kappa shape index (κ1) is 21.2. The van der Waals surface area contributed by atoms with Gasteiger partial charge < -0.3 is 20.1 Å². The lowest BCUT2D eigenvalue weighted by molar-refractivity contribution is -0.124. The predicted molar refractivity (Wildman–Crippen MR) is 104 cm³/mol. The first-order valence-corrected chi connectivity index (χ1v) is 8.90. The molecule has 0 aromatic heterocycles. The van der Waals surface area contributed by atoms with Crippen LogP contribution >= 0.6 is 0 Å². The molecule has 0 aliphatic carbocycles. The minimum Gasteiger partial charge on any atom is -0.497 e. The van der Waals surface area contributed by atoms with Gasteiger partial charge in [-0.05, 0) is 42.3 Å². The minimum absolute atomic E-state index is 0.137. The Balaban J connectivity index is 2.05. The number of amides is 2. The Hall–Kier alpha value is -3.09. The summed E-state index contributed by atoms with van der Waals surface area (Å²) in [5.41, 5.74) is 1.07. The van der Waals surface area contributed by atoms with Gasteiger partial charge in [-0.2, -0.15) is 0 Å². The highest BCUT2D eigenvalue weighted by Crippen LogP contribution is 2.24. The smallest absolute Gasteiger partial charge is 0.251 e. The molecule has 1 unspecified atom stereocenters. The Kier molecular flexibility index (Phi) is 7.37. The van der Waals surface area contributed by atoms with Crippen LogP contribution in [0.1, 0.15) is 29.8 Å². The summed E-state index contributed by atoms with van der Waals surface area (Å²) in [6.45, 7) is 3.91. The summed E-state index contributed by atoms with van der Waals surface area (Å²) in [6.07, 6.45) is 0. The van der Waals surface area contributed by atoms with E-state index in [1.54, 1.807) is 32.4 Å². The number of rotatable bonds is 8. The maximum absolute atomic E-state index is 13.0. The SMILES string of the molecule is COc1ccc(CNC(=O)C(NC(=O)c2ccc(F)cc2)C(C)C)c(OC)c1. The van der Waals surface area contributed by atoms with Gasteiger partial charge in [0.2, 0.25) is 5.91 Å². The molecular formula is C21H25FN2O4. The third-order valence-corrected chi connectivity index (χ3v) is 4.29. The Bertz CT molecular complexity index is 822. The molecule has 0 aliphatic heterocycles. The second-order valence-corrected chi connectivity index (χ2v) is 6.60. The van der Waals surface area contributed by atoms with E-state index in [0.717, 1.165) is 5.56 Å². The number of carbonyl (C=O) groups excluding carboxylic acids is 2. The number of ether oxygens (including phenoxy) is 2. The number of methoxy groups -OCH3 is 2. The van der Waals surface area contributed by atoms with Gasteiger partial charge in [-0.1, -0.05) is 13.8 Å². The van der Waals surface area contributed by atoms with Crippen molar-refractivity contribution in [1.29, 1.82) is 0 Å². The molecule has 0 heterocycles. The van der Waals surface area contributed by atoms with Gasteiger partial charge in [0, 0.05) is 23.7 Å². The van der Waals surface area contributed by atoms with Crippen LogP contribution in [-0.4, -0.2) is 32.1 Å². The molecule has 6 nitrogen and oxygen atoms in total. The molecule has 2 rings (SSSR count). The summed E-state index contributed by atoms with van der Waals surface area (Å²) in [6, 6.07) is 9.74. The van der Waals surface area contributed by atoms with E-state index in [4.69, 9.17) is 9.47 Å². The summed E-state index contributed by atoms with van der Waals surface area (Å²) in [7, 11) is 3.10. The molecule has 0 bridgehead atoms. The molecule has 2 amide bonds. The molecule has 0 radical (unpaired) electrons. The van der Waals surface area contributed by atoms with Crippen molar-refractivity contribution in [3.8, 4) is 11.5 Å². The van der Waals surface area contributed by atoms with E-state index < -0.39 is 17.8 Å². The molecule has 0 saturated heterocycles. The molecule has 1 atom stereocenters. The molecule has 150 valence electrons. The third kappa shape index (κ3) is 5.45. The third-order valence-electron chi connectivity index (χ3n) is 4.29. The molecule has 2 aromatic rings. The molecule has 2 aromatic carbocycles. The van der Waals surface area contributed by atoms with E-state index >= 15 is 0 Å². The van der Waals surface area contributed by atoms with Gasteiger partial charge >= 0.3 is 0 Å². The minimum atomic E-state index is -0.734. The van der Waals surface area contributed by atoms with E-state index in [0.29, 0.717) is 11.5 Å². The molecule has 28 heavy (non-hydrogen) atoms. The van der Waals surface area contributed by atoms with Crippen LogP contribution in [0.3, 0.4) is 0 Å². The average Bonchev–Trinajstić information content (AvgIpc) is 2.70. The van der Waals surface area contributed by atoms with Gasteiger partial charge in [-0.15, -0.1) is 0 Å². The highest BCUT2D eigenvalue weighted by molar-refractivity contribution is 5.97. The summed E-state index contributed by atoms with van der Waals surface area (Å²) < 4.78 is 23.5. The largest absolute Gasteiger partial charge is 0.497 e. The van der Waals surface area contributed by atoms with Crippen LogP contribution in [0.5, 0.6) is 11.5 Å².